The van der Waals surface area contributed by atoms with E-state index in [1.807, 2.05) is 29.9 Å². The molecule has 82 valence electrons. The van der Waals surface area contributed by atoms with E-state index in [0.717, 1.165) is 40.5 Å². The fraction of sp³-hybridized carbons (Fsp3) is 0.273. The second kappa shape index (κ2) is 3.49. The van der Waals surface area contributed by atoms with E-state index >= 15 is 0 Å². The normalized spacial score (nSPS) is 15.2. The Kier molecular flexibility index (Phi) is 2.11. The lowest BCUT2D eigenvalue weighted by Crippen LogP contribution is -2.22. The van der Waals surface area contributed by atoms with Crippen molar-refractivity contribution >= 4 is 28.3 Å². The molecule has 1 aromatic heterocycles. The average Bonchev–Trinajstić information content (AvgIpc) is 2.83. The molecule has 0 saturated carbocycles. The van der Waals surface area contributed by atoms with Gasteiger partial charge in [0.15, 0.2) is 0 Å². The molecule has 5 heteroatoms. The minimum Gasteiger partial charge on any atom is -0.367 e. The fourth-order valence-electron chi connectivity index (χ4n) is 2.01. The zero-order valence-electron chi connectivity index (χ0n) is 8.87. The lowest BCUT2D eigenvalue weighted by atomic mass is 10.2. The largest absolute Gasteiger partial charge is 0.367 e. The van der Waals surface area contributed by atoms with Crippen LogP contribution in [0.3, 0.4) is 0 Å². The van der Waals surface area contributed by atoms with E-state index in [1.165, 1.54) is 0 Å². The zero-order valence-corrected chi connectivity index (χ0v) is 9.62. The summed E-state index contributed by atoms with van der Waals surface area (Å²) < 4.78 is 1.85. The molecule has 3 rings (SSSR count). The van der Waals surface area contributed by atoms with Crippen molar-refractivity contribution in [3.8, 4) is 0 Å². The molecule has 0 aliphatic carbocycles. The third kappa shape index (κ3) is 1.38. The Labute approximate surface area is 97.9 Å². The van der Waals surface area contributed by atoms with Gasteiger partial charge in [0, 0.05) is 24.0 Å². The van der Waals surface area contributed by atoms with Crippen LogP contribution in [0.4, 0.5) is 0 Å². The highest BCUT2D eigenvalue weighted by molar-refractivity contribution is 6.31. The summed E-state index contributed by atoms with van der Waals surface area (Å²) >= 11 is 6.01. The van der Waals surface area contributed by atoms with Gasteiger partial charge in [-0.2, -0.15) is 5.10 Å². The molecule has 0 atom stereocenters. The highest BCUT2D eigenvalue weighted by Gasteiger charge is 2.17. The van der Waals surface area contributed by atoms with E-state index < -0.39 is 0 Å². The highest BCUT2D eigenvalue weighted by atomic mass is 35.5. The van der Waals surface area contributed by atoms with Gasteiger partial charge >= 0.3 is 0 Å². The number of amidine groups is 1. The van der Waals surface area contributed by atoms with Gasteiger partial charge in [-0.25, -0.2) is 0 Å². The molecule has 1 aliphatic heterocycles. The van der Waals surface area contributed by atoms with Crippen LogP contribution in [-0.2, 0) is 7.05 Å². The van der Waals surface area contributed by atoms with Gasteiger partial charge in [-0.05, 0) is 18.2 Å². The van der Waals surface area contributed by atoms with Crippen LogP contribution < -0.4 is 5.32 Å². The predicted molar refractivity (Wildman–Crippen MR) is 65.1 cm³/mol. The molecule has 0 bridgehead atoms. The molecule has 1 N–H and O–H groups in total. The summed E-state index contributed by atoms with van der Waals surface area (Å²) in [6.07, 6.45) is 0. The molecule has 0 amide bonds. The number of rotatable bonds is 1. The summed E-state index contributed by atoms with van der Waals surface area (Å²) in [5.74, 6) is 0.910. The van der Waals surface area contributed by atoms with Crippen LogP contribution in [0.2, 0.25) is 5.02 Å². The first-order chi connectivity index (χ1) is 7.75. The van der Waals surface area contributed by atoms with Crippen molar-refractivity contribution in [2.75, 3.05) is 13.1 Å². The topological polar surface area (TPSA) is 42.2 Å². The minimum atomic E-state index is 0.723. The zero-order chi connectivity index (χ0) is 11.1. The van der Waals surface area contributed by atoms with Crippen LogP contribution in [0.25, 0.3) is 10.9 Å². The quantitative estimate of drug-likeness (QED) is 0.814. The van der Waals surface area contributed by atoms with Crippen molar-refractivity contribution in [2.24, 2.45) is 12.0 Å². The Morgan fingerprint density at radius 2 is 2.31 bits per heavy atom. The van der Waals surface area contributed by atoms with Crippen molar-refractivity contribution < 1.29 is 0 Å². The second-order valence-corrected chi connectivity index (χ2v) is 4.23. The van der Waals surface area contributed by atoms with Crippen molar-refractivity contribution in [3.05, 3.63) is 28.9 Å². The molecule has 0 saturated heterocycles. The molecule has 0 unspecified atom stereocenters. The van der Waals surface area contributed by atoms with Gasteiger partial charge in [0.25, 0.3) is 0 Å². The van der Waals surface area contributed by atoms with Crippen molar-refractivity contribution in [3.63, 3.8) is 0 Å². The number of nitrogens with zero attached hydrogens (tertiary/aromatic N) is 3. The Balaban J connectivity index is 2.29. The maximum Gasteiger partial charge on any atom is 0.147 e. The Bertz CT molecular complexity index is 585. The molecule has 0 radical (unpaired) electrons. The number of benzene rings is 1. The maximum absolute atomic E-state index is 6.01. The standard InChI is InChI=1S/C11H11ClN4/c1-16-10(11-13-4-5-14-11)8-6-7(12)2-3-9(8)15-16/h2-3,6H,4-5H2,1H3,(H,13,14). The van der Waals surface area contributed by atoms with E-state index in [4.69, 9.17) is 11.6 Å². The van der Waals surface area contributed by atoms with Gasteiger partial charge in [-0.3, -0.25) is 9.67 Å². The van der Waals surface area contributed by atoms with Crippen LogP contribution >= 0.6 is 11.6 Å². The van der Waals surface area contributed by atoms with Crippen LogP contribution in [0.15, 0.2) is 23.2 Å². The maximum atomic E-state index is 6.01. The molecule has 1 aromatic carbocycles. The van der Waals surface area contributed by atoms with Gasteiger partial charge < -0.3 is 5.32 Å². The highest BCUT2D eigenvalue weighted by Crippen LogP contribution is 2.22. The van der Waals surface area contributed by atoms with Crippen molar-refractivity contribution in [2.45, 2.75) is 0 Å². The minimum absolute atomic E-state index is 0.723. The molecule has 0 spiro atoms. The summed E-state index contributed by atoms with van der Waals surface area (Å²) in [7, 11) is 1.92. The Morgan fingerprint density at radius 1 is 1.44 bits per heavy atom. The molecule has 16 heavy (non-hydrogen) atoms. The van der Waals surface area contributed by atoms with Crippen molar-refractivity contribution in [1.82, 2.24) is 15.1 Å². The number of aryl methyl sites for hydroxylation is 1. The molecule has 1 aliphatic rings. The summed E-state index contributed by atoms with van der Waals surface area (Å²) in [4.78, 5) is 4.42. The summed E-state index contributed by atoms with van der Waals surface area (Å²) in [5.41, 5.74) is 1.95. The predicted octanol–water partition coefficient (Wildman–Crippen LogP) is 1.58. The van der Waals surface area contributed by atoms with E-state index in [-0.39, 0.29) is 0 Å². The first kappa shape index (κ1) is 9.66. The average molecular weight is 235 g/mol. The van der Waals surface area contributed by atoms with Crippen molar-refractivity contribution in [1.29, 1.82) is 0 Å². The van der Waals surface area contributed by atoms with Crippen LogP contribution in [-0.4, -0.2) is 28.7 Å². The number of hydrogen-bond acceptors (Lipinski definition) is 3. The number of hydrogen-bond donors (Lipinski definition) is 1. The van der Waals surface area contributed by atoms with Gasteiger partial charge in [-0.1, -0.05) is 11.6 Å². The monoisotopic (exact) mass is 234 g/mol. The van der Waals surface area contributed by atoms with E-state index in [0.29, 0.717) is 0 Å². The van der Waals surface area contributed by atoms with Crippen LogP contribution in [0.5, 0.6) is 0 Å². The Hall–Kier alpha value is -1.55. The van der Waals surface area contributed by atoms with E-state index in [2.05, 4.69) is 15.4 Å². The van der Waals surface area contributed by atoms with Gasteiger partial charge in [0.1, 0.15) is 11.5 Å². The summed E-state index contributed by atoms with van der Waals surface area (Å²) in [6.45, 7) is 1.71. The molecule has 0 fully saturated rings. The molecule has 2 heterocycles. The second-order valence-electron chi connectivity index (χ2n) is 3.79. The lowest BCUT2D eigenvalue weighted by Gasteiger charge is -2.02. The smallest absolute Gasteiger partial charge is 0.147 e. The van der Waals surface area contributed by atoms with Gasteiger partial charge in [-0.15, -0.1) is 0 Å². The molecular formula is C11H11ClN4. The number of fused-ring (bicyclic) bond motifs is 1. The van der Waals surface area contributed by atoms with Gasteiger partial charge in [0.05, 0.1) is 12.1 Å². The lowest BCUT2D eigenvalue weighted by molar-refractivity contribution is 0.768. The van der Waals surface area contributed by atoms with E-state index in [9.17, 15) is 0 Å². The fourth-order valence-corrected chi connectivity index (χ4v) is 2.18. The summed E-state index contributed by atoms with van der Waals surface area (Å²) in [6, 6.07) is 5.71. The number of aromatic nitrogens is 2. The third-order valence-corrected chi connectivity index (χ3v) is 2.93. The number of nitrogens with one attached hydrogen (secondary N) is 1. The third-order valence-electron chi connectivity index (χ3n) is 2.69. The first-order valence-corrected chi connectivity index (χ1v) is 5.54. The van der Waals surface area contributed by atoms with Crippen LogP contribution in [0.1, 0.15) is 5.69 Å². The van der Waals surface area contributed by atoms with Crippen LogP contribution in [0, 0.1) is 0 Å². The number of halogens is 1. The Morgan fingerprint density at radius 3 is 3.06 bits per heavy atom. The SMILES string of the molecule is Cn1nc2ccc(Cl)cc2c1C1=NCCN1. The van der Waals surface area contributed by atoms with Gasteiger partial charge in [0.2, 0.25) is 0 Å². The van der Waals surface area contributed by atoms with E-state index in [1.54, 1.807) is 0 Å². The molecule has 4 nitrogen and oxygen atoms in total. The molecular weight excluding hydrogens is 224 g/mol. The first-order valence-electron chi connectivity index (χ1n) is 5.16. The number of aliphatic imine (C=N–C) groups is 1. The molecule has 2 aromatic rings. The summed E-state index contributed by atoms with van der Waals surface area (Å²) in [5, 5.41) is 9.46.